The molecule has 0 N–H and O–H groups in total. The molecule has 0 radical (unpaired) electrons. The van der Waals surface area contributed by atoms with E-state index in [9.17, 15) is 4.79 Å². The average Bonchev–Trinajstić information content (AvgIpc) is 2.43. The fourth-order valence-corrected chi connectivity index (χ4v) is 1.42. The van der Waals surface area contributed by atoms with Gasteiger partial charge in [0.15, 0.2) is 0 Å². The maximum Gasteiger partial charge on any atom is 0.330 e. The SMILES string of the molecule is C=CC(=O)OCCN(C=Cc1ccccc1)CC. The monoisotopic (exact) mass is 245 g/mol. The van der Waals surface area contributed by atoms with E-state index in [1.807, 2.05) is 42.6 Å². The Morgan fingerprint density at radius 3 is 2.72 bits per heavy atom. The summed E-state index contributed by atoms with van der Waals surface area (Å²) in [7, 11) is 0. The molecule has 3 heteroatoms. The summed E-state index contributed by atoms with van der Waals surface area (Å²) >= 11 is 0. The van der Waals surface area contributed by atoms with Gasteiger partial charge in [0.25, 0.3) is 0 Å². The van der Waals surface area contributed by atoms with Crippen LogP contribution < -0.4 is 0 Å². The van der Waals surface area contributed by atoms with Crippen molar-refractivity contribution in [2.24, 2.45) is 0 Å². The first-order valence-corrected chi connectivity index (χ1v) is 6.02. The standard InChI is InChI=1S/C15H19NO2/c1-3-15(17)18-13-12-16(4-2)11-10-14-8-6-5-7-9-14/h3,5-11H,1,4,12-13H2,2H3. The lowest BCUT2D eigenvalue weighted by atomic mass is 10.2. The number of likely N-dealkylation sites (N-methyl/N-ethyl adjacent to an activating group) is 1. The van der Waals surface area contributed by atoms with Crippen molar-refractivity contribution in [3.63, 3.8) is 0 Å². The van der Waals surface area contributed by atoms with E-state index in [4.69, 9.17) is 4.74 Å². The molecule has 0 saturated heterocycles. The highest BCUT2D eigenvalue weighted by molar-refractivity contribution is 5.81. The summed E-state index contributed by atoms with van der Waals surface area (Å²) in [5, 5.41) is 0. The van der Waals surface area contributed by atoms with Gasteiger partial charge in [-0.05, 0) is 24.8 Å². The van der Waals surface area contributed by atoms with Crippen LogP contribution >= 0.6 is 0 Å². The average molecular weight is 245 g/mol. The molecule has 0 aliphatic heterocycles. The highest BCUT2D eigenvalue weighted by atomic mass is 16.5. The number of ether oxygens (including phenoxy) is 1. The Morgan fingerprint density at radius 2 is 2.11 bits per heavy atom. The smallest absolute Gasteiger partial charge is 0.330 e. The summed E-state index contributed by atoms with van der Waals surface area (Å²) in [6.45, 7) is 7.34. The van der Waals surface area contributed by atoms with Crippen molar-refractivity contribution in [1.29, 1.82) is 0 Å². The highest BCUT2D eigenvalue weighted by Gasteiger charge is 1.99. The second-order valence-electron chi connectivity index (χ2n) is 3.73. The van der Waals surface area contributed by atoms with Gasteiger partial charge in [-0.25, -0.2) is 4.79 Å². The first kappa shape index (κ1) is 14.0. The van der Waals surface area contributed by atoms with Gasteiger partial charge >= 0.3 is 5.97 Å². The van der Waals surface area contributed by atoms with E-state index in [1.165, 1.54) is 6.08 Å². The first-order valence-electron chi connectivity index (χ1n) is 6.02. The zero-order valence-corrected chi connectivity index (χ0v) is 10.7. The Kier molecular flexibility index (Phi) is 6.33. The van der Waals surface area contributed by atoms with Crippen LogP contribution in [0.3, 0.4) is 0 Å². The minimum atomic E-state index is -0.377. The predicted octanol–water partition coefficient (Wildman–Crippen LogP) is 2.71. The molecule has 0 aliphatic rings. The second-order valence-corrected chi connectivity index (χ2v) is 3.73. The molecule has 3 nitrogen and oxygen atoms in total. The van der Waals surface area contributed by atoms with Crippen LogP contribution in [0.2, 0.25) is 0 Å². The summed E-state index contributed by atoms with van der Waals surface area (Å²) in [6, 6.07) is 10.1. The number of carbonyl (C=O) groups excluding carboxylic acids is 1. The van der Waals surface area contributed by atoms with Crippen molar-refractivity contribution < 1.29 is 9.53 Å². The number of nitrogens with zero attached hydrogens (tertiary/aromatic N) is 1. The summed E-state index contributed by atoms with van der Waals surface area (Å²) in [5.74, 6) is -0.377. The Hall–Kier alpha value is -2.03. The van der Waals surface area contributed by atoms with Gasteiger partial charge in [0, 0.05) is 12.6 Å². The topological polar surface area (TPSA) is 29.5 Å². The molecule has 1 aromatic carbocycles. The molecule has 0 unspecified atom stereocenters. The van der Waals surface area contributed by atoms with Gasteiger partial charge in [0.2, 0.25) is 0 Å². The van der Waals surface area contributed by atoms with Crippen molar-refractivity contribution in [2.45, 2.75) is 6.92 Å². The van der Waals surface area contributed by atoms with E-state index in [2.05, 4.69) is 18.4 Å². The molecule has 0 spiro atoms. The highest BCUT2D eigenvalue weighted by Crippen LogP contribution is 2.02. The van der Waals surface area contributed by atoms with Crippen LogP contribution in [-0.4, -0.2) is 30.6 Å². The molecular formula is C15H19NO2. The lowest BCUT2D eigenvalue weighted by molar-refractivity contribution is -0.137. The molecule has 0 heterocycles. The summed E-state index contributed by atoms with van der Waals surface area (Å²) < 4.78 is 4.94. The van der Waals surface area contributed by atoms with E-state index in [0.29, 0.717) is 13.2 Å². The molecule has 18 heavy (non-hydrogen) atoms. The van der Waals surface area contributed by atoms with E-state index >= 15 is 0 Å². The Labute approximate surface area is 108 Å². The Bertz CT molecular complexity index is 398. The predicted molar refractivity (Wildman–Crippen MR) is 73.9 cm³/mol. The number of hydrogen-bond acceptors (Lipinski definition) is 3. The third-order valence-corrected chi connectivity index (χ3v) is 2.47. The van der Waals surface area contributed by atoms with Gasteiger partial charge in [0.05, 0.1) is 6.54 Å². The van der Waals surface area contributed by atoms with Crippen LogP contribution in [0, 0.1) is 0 Å². The molecule has 0 atom stereocenters. The van der Waals surface area contributed by atoms with Crippen LogP contribution in [0.25, 0.3) is 6.08 Å². The maximum absolute atomic E-state index is 10.9. The molecule has 0 bridgehead atoms. The van der Waals surface area contributed by atoms with Gasteiger partial charge in [-0.15, -0.1) is 0 Å². The van der Waals surface area contributed by atoms with Crippen molar-refractivity contribution in [3.05, 3.63) is 54.8 Å². The maximum atomic E-state index is 10.9. The first-order chi connectivity index (χ1) is 8.76. The quantitative estimate of drug-likeness (QED) is 0.546. The lowest BCUT2D eigenvalue weighted by Crippen LogP contribution is -2.22. The molecule has 0 aliphatic carbocycles. The molecule has 1 aromatic rings. The minimum Gasteiger partial charge on any atom is -0.461 e. The third kappa shape index (κ3) is 5.34. The Morgan fingerprint density at radius 1 is 1.39 bits per heavy atom. The van der Waals surface area contributed by atoms with E-state index in [0.717, 1.165) is 12.1 Å². The van der Waals surface area contributed by atoms with Crippen molar-refractivity contribution >= 4 is 12.0 Å². The summed E-state index contributed by atoms with van der Waals surface area (Å²) in [4.78, 5) is 13.0. The Balaban J connectivity index is 2.40. The van der Waals surface area contributed by atoms with E-state index in [-0.39, 0.29) is 5.97 Å². The zero-order chi connectivity index (χ0) is 13.2. The zero-order valence-electron chi connectivity index (χ0n) is 10.7. The van der Waals surface area contributed by atoms with E-state index < -0.39 is 0 Å². The fraction of sp³-hybridized carbons (Fsp3) is 0.267. The van der Waals surface area contributed by atoms with Gasteiger partial charge in [-0.3, -0.25) is 0 Å². The van der Waals surface area contributed by atoms with Gasteiger partial charge in [-0.1, -0.05) is 36.9 Å². The van der Waals surface area contributed by atoms with Crippen molar-refractivity contribution in [2.75, 3.05) is 19.7 Å². The number of carbonyl (C=O) groups is 1. The van der Waals surface area contributed by atoms with Crippen LogP contribution in [0.1, 0.15) is 12.5 Å². The number of esters is 1. The van der Waals surface area contributed by atoms with E-state index in [1.54, 1.807) is 0 Å². The molecule has 0 saturated carbocycles. The number of hydrogen-bond donors (Lipinski definition) is 0. The fourth-order valence-electron chi connectivity index (χ4n) is 1.42. The molecule has 0 aromatic heterocycles. The van der Waals surface area contributed by atoms with Gasteiger partial charge < -0.3 is 9.64 Å². The van der Waals surface area contributed by atoms with Crippen molar-refractivity contribution in [3.8, 4) is 0 Å². The second kappa shape index (κ2) is 8.12. The van der Waals surface area contributed by atoms with Crippen LogP contribution in [-0.2, 0) is 9.53 Å². The molecule has 1 rings (SSSR count). The minimum absolute atomic E-state index is 0.373. The summed E-state index contributed by atoms with van der Waals surface area (Å²) in [6.07, 6.45) is 5.23. The largest absolute Gasteiger partial charge is 0.461 e. The molecule has 0 amide bonds. The van der Waals surface area contributed by atoms with Crippen LogP contribution in [0.5, 0.6) is 0 Å². The van der Waals surface area contributed by atoms with Crippen LogP contribution in [0.15, 0.2) is 49.2 Å². The van der Waals surface area contributed by atoms with Crippen molar-refractivity contribution in [1.82, 2.24) is 4.90 Å². The lowest BCUT2D eigenvalue weighted by Gasteiger charge is -2.17. The molecule has 96 valence electrons. The molecule has 0 fully saturated rings. The number of rotatable bonds is 7. The van der Waals surface area contributed by atoms with Gasteiger partial charge in [0.1, 0.15) is 6.61 Å². The summed E-state index contributed by atoms with van der Waals surface area (Å²) in [5.41, 5.74) is 1.15. The molecular weight excluding hydrogens is 226 g/mol. The van der Waals surface area contributed by atoms with Crippen LogP contribution in [0.4, 0.5) is 0 Å². The van der Waals surface area contributed by atoms with Gasteiger partial charge in [-0.2, -0.15) is 0 Å². The normalized spacial score (nSPS) is 10.3. The number of benzene rings is 1. The third-order valence-electron chi connectivity index (χ3n) is 2.47.